The number of unbranched alkanes of at least 4 members (excludes halogenated alkanes) is 2. The Morgan fingerprint density at radius 1 is 1.17 bits per heavy atom. The van der Waals surface area contributed by atoms with E-state index in [0.717, 1.165) is 31.0 Å². The van der Waals surface area contributed by atoms with Gasteiger partial charge in [-0.25, -0.2) is 4.39 Å². The monoisotopic (exact) mass is 288 g/mol. The van der Waals surface area contributed by atoms with Gasteiger partial charge in [-0.1, -0.05) is 25.8 Å². The van der Waals surface area contributed by atoms with Gasteiger partial charge in [0.2, 0.25) is 0 Å². The van der Waals surface area contributed by atoms with E-state index in [1.165, 1.54) is 0 Å². The third kappa shape index (κ3) is 6.06. The summed E-state index contributed by atoms with van der Waals surface area (Å²) in [6.45, 7) is -2.88. The van der Waals surface area contributed by atoms with Crippen molar-refractivity contribution >= 4 is 12.4 Å². The molecule has 0 saturated heterocycles. The zero-order chi connectivity index (χ0) is 12.9. The summed E-state index contributed by atoms with van der Waals surface area (Å²) in [4.78, 5) is 0. The second kappa shape index (κ2) is 8.58. The van der Waals surface area contributed by atoms with E-state index < -0.39 is 18.3 Å². The fraction of sp³-hybridized carbons (Fsp3) is 0.455. The Morgan fingerprint density at radius 3 is 2.39 bits per heavy atom. The molecule has 0 aliphatic heterocycles. The Labute approximate surface area is 147 Å². The molecule has 96 valence electrons. The summed E-state index contributed by atoms with van der Waals surface area (Å²) in [6.07, 6.45) is 2.58. The Hall–Kier alpha value is 0.441. The molecule has 0 spiro atoms. The van der Waals surface area contributed by atoms with Crippen molar-refractivity contribution in [1.82, 2.24) is 0 Å². The minimum Gasteiger partial charge on any atom is -0.491 e. The van der Waals surface area contributed by atoms with Crippen LogP contribution in [0.15, 0.2) is 18.2 Å². The molecule has 7 heteroatoms. The van der Waals surface area contributed by atoms with Gasteiger partial charge in [-0.05, 0) is 18.6 Å². The van der Waals surface area contributed by atoms with Crippen LogP contribution in [-0.4, -0.2) is 13.6 Å². The summed E-state index contributed by atoms with van der Waals surface area (Å²) < 4.78 is 55.5. The Balaban J connectivity index is 0.00000289. The topological polar surface area (TPSA) is 9.23 Å². The van der Waals surface area contributed by atoms with Crippen LogP contribution in [0.4, 0.5) is 17.3 Å². The molecule has 18 heavy (non-hydrogen) atoms. The predicted octanol–water partition coefficient (Wildman–Crippen LogP) is 0.453. The van der Waals surface area contributed by atoms with Crippen molar-refractivity contribution < 1.29 is 73.5 Å². The first-order valence-corrected chi connectivity index (χ1v) is 5.57. The summed E-state index contributed by atoms with van der Waals surface area (Å²) in [5.41, 5.74) is -0.836. The maximum Gasteiger partial charge on any atom is 1.00 e. The molecule has 0 unspecified atom stereocenters. The fourth-order valence-corrected chi connectivity index (χ4v) is 1.37. The normalized spacial score (nSPS) is 10.9. The van der Waals surface area contributed by atoms with E-state index in [1.807, 2.05) is 6.92 Å². The third-order valence-electron chi connectivity index (χ3n) is 2.34. The number of hydrogen-bond acceptors (Lipinski definition) is 1. The van der Waals surface area contributed by atoms with Gasteiger partial charge in [0.1, 0.15) is 0 Å². The number of hydrogen-bond donors (Lipinski definition) is 0. The van der Waals surface area contributed by atoms with Crippen LogP contribution in [0.2, 0.25) is 0 Å². The van der Waals surface area contributed by atoms with Crippen molar-refractivity contribution in [2.24, 2.45) is 0 Å². The van der Waals surface area contributed by atoms with E-state index in [9.17, 15) is 17.3 Å². The molecule has 0 N–H and O–H groups in total. The average molecular weight is 288 g/mol. The molecule has 0 bridgehead atoms. The quantitative estimate of drug-likeness (QED) is 0.420. The van der Waals surface area contributed by atoms with Gasteiger partial charge in [0, 0.05) is 0 Å². The van der Waals surface area contributed by atoms with Crippen molar-refractivity contribution in [2.45, 2.75) is 26.2 Å². The molecule has 1 aromatic carbocycles. The van der Waals surface area contributed by atoms with Gasteiger partial charge in [0.25, 0.3) is 0 Å². The SMILES string of the molecule is CCCCCOc1cc([B-](F)(F)F)ccc1F.[K+]. The Kier molecular flexibility index (Phi) is 8.79. The standard InChI is InChI=1S/C11H14BF4O.K/c1-2-3-4-7-17-11-8-9(12(14,15)16)5-6-10(11)13;/h5-6,8H,2-4,7H2,1H3;/q-1;+1. The number of rotatable bonds is 6. The van der Waals surface area contributed by atoms with Gasteiger partial charge >= 0.3 is 58.4 Å². The summed E-state index contributed by atoms with van der Waals surface area (Å²) in [5, 5.41) is 0. The van der Waals surface area contributed by atoms with Crippen LogP contribution in [0.1, 0.15) is 26.2 Å². The summed E-state index contributed by atoms with van der Waals surface area (Å²) in [6, 6.07) is 2.25. The summed E-state index contributed by atoms with van der Waals surface area (Å²) >= 11 is 0. The molecule has 0 heterocycles. The van der Waals surface area contributed by atoms with Crippen LogP contribution >= 0.6 is 0 Å². The molecule has 0 atom stereocenters. The second-order valence-corrected chi connectivity index (χ2v) is 3.82. The van der Waals surface area contributed by atoms with E-state index in [-0.39, 0.29) is 63.7 Å². The van der Waals surface area contributed by atoms with Crippen molar-refractivity contribution in [3.63, 3.8) is 0 Å². The smallest absolute Gasteiger partial charge is 0.491 e. The molecule has 1 aromatic rings. The van der Waals surface area contributed by atoms with E-state index in [4.69, 9.17) is 4.74 Å². The number of halogens is 4. The molecule has 0 aromatic heterocycles. The van der Waals surface area contributed by atoms with E-state index >= 15 is 0 Å². The molecule has 0 radical (unpaired) electrons. The minimum absolute atomic E-state index is 0. The van der Waals surface area contributed by atoms with Crippen molar-refractivity contribution in [1.29, 1.82) is 0 Å². The van der Waals surface area contributed by atoms with Crippen molar-refractivity contribution in [3.05, 3.63) is 24.0 Å². The number of ether oxygens (including phenoxy) is 1. The van der Waals surface area contributed by atoms with Gasteiger partial charge in [-0.15, -0.1) is 5.46 Å². The molecule has 1 nitrogen and oxygen atoms in total. The van der Waals surface area contributed by atoms with Crippen LogP contribution in [0.5, 0.6) is 5.75 Å². The maximum absolute atomic E-state index is 13.2. The molecule has 0 aliphatic carbocycles. The van der Waals surface area contributed by atoms with Gasteiger partial charge in [-0.3, -0.25) is 0 Å². The average Bonchev–Trinajstić information content (AvgIpc) is 2.25. The largest absolute Gasteiger partial charge is 1.00 e. The summed E-state index contributed by atoms with van der Waals surface area (Å²) in [7, 11) is 0. The van der Waals surface area contributed by atoms with E-state index in [1.54, 1.807) is 0 Å². The van der Waals surface area contributed by atoms with E-state index in [0.29, 0.717) is 6.42 Å². The first-order chi connectivity index (χ1) is 7.95. The van der Waals surface area contributed by atoms with Gasteiger partial charge < -0.3 is 17.7 Å². The van der Waals surface area contributed by atoms with Crippen LogP contribution in [0.3, 0.4) is 0 Å². The van der Waals surface area contributed by atoms with Crippen molar-refractivity contribution in [2.75, 3.05) is 6.61 Å². The third-order valence-corrected chi connectivity index (χ3v) is 2.34. The van der Waals surface area contributed by atoms with Crippen LogP contribution in [0.25, 0.3) is 0 Å². The molecule has 0 aliphatic rings. The summed E-state index contributed by atoms with van der Waals surface area (Å²) in [5.74, 6) is -1.08. The predicted molar refractivity (Wildman–Crippen MR) is 60.1 cm³/mol. The van der Waals surface area contributed by atoms with Gasteiger partial charge in [-0.2, -0.15) is 0 Å². The second-order valence-electron chi connectivity index (χ2n) is 3.82. The molecule has 1 rings (SSSR count). The fourth-order valence-electron chi connectivity index (χ4n) is 1.37. The Bertz CT molecular complexity index is 371. The van der Waals surface area contributed by atoms with E-state index in [2.05, 4.69) is 0 Å². The minimum atomic E-state index is -5.11. The Morgan fingerprint density at radius 2 is 1.83 bits per heavy atom. The van der Waals surface area contributed by atoms with Crippen LogP contribution < -0.4 is 61.6 Å². The zero-order valence-corrected chi connectivity index (χ0v) is 13.7. The first kappa shape index (κ1) is 18.4. The first-order valence-electron chi connectivity index (χ1n) is 5.57. The molecular formula is C11H14BF4KO. The molecule has 0 fully saturated rings. The van der Waals surface area contributed by atoms with Crippen LogP contribution in [-0.2, 0) is 0 Å². The van der Waals surface area contributed by atoms with Crippen LogP contribution in [0, 0.1) is 5.82 Å². The number of benzene rings is 1. The molecular weight excluding hydrogens is 274 g/mol. The van der Waals surface area contributed by atoms with Gasteiger partial charge in [0.15, 0.2) is 11.6 Å². The van der Waals surface area contributed by atoms with Crippen molar-refractivity contribution in [3.8, 4) is 5.75 Å². The van der Waals surface area contributed by atoms with Gasteiger partial charge in [0.05, 0.1) is 6.61 Å². The zero-order valence-electron chi connectivity index (χ0n) is 10.6. The maximum atomic E-state index is 13.2. The molecule has 0 amide bonds. The molecule has 0 saturated carbocycles.